The van der Waals surface area contributed by atoms with Gasteiger partial charge in [0, 0.05) is 32.3 Å². The summed E-state index contributed by atoms with van der Waals surface area (Å²) in [6.07, 6.45) is 2.65. The number of aryl methyl sites for hydroxylation is 2. The number of cyclic esters (lactones) is 1. The SMILES string of the molecule is CC[C@H]1C(=O)N2CCCC[C@H]2C(=O)N[C@@H](C)C(=O)N2C[C@H](C)C[C@H]2C(=O)OCC(C=NC(=O)[C@H](Cc2cc(C)cc(C)c2)NC(=O)OC(C)(C)C)C(=O)N1CC. The summed E-state index contributed by atoms with van der Waals surface area (Å²) < 4.78 is 11.2. The molecule has 3 aliphatic heterocycles. The van der Waals surface area contributed by atoms with E-state index in [0.29, 0.717) is 32.2 Å². The molecule has 3 aliphatic rings. The Balaban J connectivity index is 1.73. The quantitative estimate of drug-likeness (QED) is 0.310. The van der Waals surface area contributed by atoms with E-state index in [4.69, 9.17) is 9.47 Å². The number of alkyl carbamates (subject to hydrolysis) is 1. The molecule has 0 spiro atoms. The first-order chi connectivity index (χ1) is 26.3. The Labute approximate surface area is 330 Å². The number of hydrogen-bond donors (Lipinski definition) is 2. The Morgan fingerprint density at radius 3 is 2.29 bits per heavy atom. The highest BCUT2D eigenvalue weighted by Crippen LogP contribution is 2.27. The van der Waals surface area contributed by atoms with E-state index >= 15 is 0 Å². The number of hydrogen-bond acceptors (Lipinski definition) is 9. The number of carbonyl (C=O) groups is 7. The van der Waals surface area contributed by atoms with Crippen molar-refractivity contribution in [2.75, 3.05) is 26.2 Å². The van der Waals surface area contributed by atoms with Crippen LogP contribution < -0.4 is 10.6 Å². The maximum atomic E-state index is 14.5. The fraction of sp³-hybridized carbons (Fsp3) is 0.659. The van der Waals surface area contributed by atoms with Gasteiger partial charge in [-0.15, -0.1) is 0 Å². The van der Waals surface area contributed by atoms with Crippen molar-refractivity contribution in [1.82, 2.24) is 25.3 Å². The van der Waals surface area contributed by atoms with E-state index < -0.39 is 89.9 Å². The highest BCUT2D eigenvalue weighted by molar-refractivity contribution is 6.01. The fourth-order valence-electron chi connectivity index (χ4n) is 7.84. The number of fused-ring (bicyclic) bond motifs is 2. The van der Waals surface area contributed by atoms with Gasteiger partial charge < -0.3 is 34.8 Å². The normalized spacial score (nSPS) is 26.4. The van der Waals surface area contributed by atoms with E-state index in [1.165, 1.54) is 14.7 Å². The first kappa shape index (κ1) is 43.9. The molecule has 0 aromatic heterocycles. The Morgan fingerprint density at radius 2 is 1.66 bits per heavy atom. The largest absolute Gasteiger partial charge is 0.463 e. The summed E-state index contributed by atoms with van der Waals surface area (Å²) in [5.74, 6) is -4.84. The molecule has 7 atom stereocenters. The van der Waals surface area contributed by atoms with Crippen LogP contribution in [0.4, 0.5) is 4.79 Å². The van der Waals surface area contributed by atoms with E-state index in [0.717, 1.165) is 22.9 Å². The van der Waals surface area contributed by atoms with E-state index in [9.17, 15) is 33.6 Å². The van der Waals surface area contributed by atoms with Crippen molar-refractivity contribution in [3.63, 3.8) is 0 Å². The summed E-state index contributed by atoms with van der Waals surface area (Å²) in [6.45, 7) is 16.0. The van der Waals surface area contributed by atoms with Gasteiger partial charge in [0.1, 0.15) is 48.3 Å². The Morgan fingerprint density at radius 1 is 0.982 bits per heavy atom. The lowest BCUT2D eigenvalue weighted by Gasteiger charge is -2.40. The number of amides is 6. The van der Waals surface area contributed by atoms with Crippen molar-refractivity contribution in [2.24, 2.45) is 16.8 Å². The lowest BCUT2D eigenvalue weighted by atomic mass is 9.98. The van der Waals surface area contributed by atoms with Crippen LogP contribution in [-0.2, 0) is 44.7 Å². The van der Waals surface area contributed by atoms with Crippen LogP contribution in [0.3, 0.4) is 0 Å². The van der Waals surface area contributed by atoms with Gasteiger partial charge in [-0.05, 0) is 92.1 Å². The molecule has 4 rings (SSSR count). The van der Waals surface area contributed by atoms with E-state index in [1.807, 2.05) is 39.0 Å². The molecule has 1 aromatic carbocycles. The van der Waals surface area contributed by atoms with Crippen molar-refractivity contribution in [3.8, 4) is 0 Å². The molecule has 0 radical (unpaired) electrons. The van der Waals surface area contributed by atoms with Crippen LogP contribution in [0.15, 0.2) is 23.2 Å². The molecule has 308 valence electrons. The van der Waals surface area contributed by atoms with Gasteiger partial charge in [0.05, 0.1) is 0 Å². The Kier molecular flexibility index (Phi) is 14.8. The second-order valence-corrected chi connectivity index (χ2v) is 16.4. The minimum atomic E-state index is -1.32. The number of carbonyl (C=O) groups excluding carboxylic acids is 7. The summed E-state index contributed by atoms with van der Waals surface area (Å²) in [5, 5.41) is 5.42. The molecule has 2 N–H and O–H groups in total. The van der Waals surface area contributed by atoms with Gasteiger partial charge in [-0.1, -0.05) is 43.2 Å². The van der Waals surface area contributed by atoms with Gasteiger partial charge in [0.15, 0.2) is 0 Å². The second-order valence-electron chi connectivity index (χ2n) is 16.4. The highest BCUT2D eigenvalue weighted by Gasteiger charge is 2.44. The average molecular weight is 781 g/mol. The smallest absolute Gasteiger partial charge is 0.408 e. The number of rotatable bonds is 7. The highest BCUT2D eigenvalue weighted by atomic mass is 16.6. The zero-order valence-electron chi connectivity index (χ0n) is 34.4. The molecule has 0 saturated carbocycles. The lowest BCUT2D eigenvalue weighted by Crippen LogP contribution is -2.60. The number of aliphatic imine (C=N–C) groups is 1. The number of esters is 1. The third-order valence-corrected chi connectivity index (χ3v) is 10.4. The minimum absolute atomic E-state index is 0.0444. The van der Waals surface area contributed by atoms with Crippen LogP contribution in [0.2, 0.25) is 0 Å². The second kappa shape index (κ2) is 18.9. The van der Waals surface area contributed by atoms with Crippen molar-refractivity contribution in [3.05, 3.63) is 34.9 Å². The van der Waals surface area contributed by atoms with Crippen LogP contribution >= 0.6 is 0 Å². The summed E-state index contributed by atoms with van der Waals surface area (Å²) in [4.78, 5) is 105. The zero-order valence-corrected chi connectivity index (χ0v) is 34.4. The topological polar surface area (TPSA) is 184 Å². The summed E-state index contributed by atoms with van der Waals surface area (Å²) in [7, 11) is 0. The van der Waals surface area contributed by atoms with E-state index in [-0.39, 0.29) is 31.8 Å². The van der Waals surface area contributed by atoms with Crippen molar-refractivity contribution < 1.29 is 43.0 Å². The number of nitrogens with zero attached hydrogens (tertiary/aromatic N) is 4. The Hall–Kier alpha value is -4.82. The van der Waals surface area contributed by atoms with Gasteiger partial charge in [-0.25, -0.2) is 14.6 Å². The van der Waals surface area contributed by atoms with Crippen LogP contribution in [0, 0.1) is 25.7 Å². The number of ether oxygens (including phenoxy) is 2. The molecule has 3 fully saturated rings. The van der Waals surface area contributed by atoms with Crippen LogP contribution in [0.5, 0.6) is 0 Å². The Bertz CT molecular complexity index is 1670. The number of nitrogens with one attached hydrogen (secondary N) is 2. The monoisotopic (exact) mass is 780 g/mol. The minimum Gasteiger partial charge on any atom is -0.463 e. The van der Waals surface area contributed by atoms with Crippen molar-refractivity contribution >= 4 is 47.8 Å². The van der Waals surface area contributed by atoms with Gasteiger partial charge in [-0.3, -0.25) is 24.0 Å². The first-order valence-electron chi connectivity index (χ1n) is 19.9. The van der Waals surface area contributed by atoms with Gasteiger partial charge in [0.2, 0.25) is 23.6 Å². The molecule has 3 saturated heterocycles. The molecular formula is C41H60N6O9. The maximum absolute atomic E-state index is 14.5. The molecule has 3 heterocycles. The van der Waals surface area contributed by atoms with E-state index in [2.05, 4.69) is 15.6 Å². The molecule has 1 aromatic rings. The van der Waals surface area contributed by atoms with Crippen molar-refractivity contribution in [2.45, 2.75) is 137 Å². The molecular weight excluding hydrogens is 720 g/mol. The summed E-state index contributed by atoms with van der Waals surface area (Å²) in [6, 6.07) is 0.847. The molecule has 0 aliphatic carbocycles. The van der Waals surface area contributed by atoms with E-state index in [1.54, 1.807) is 41.5 Å². The molecule has 0 bridgehead atoms. The van der Waals surface area contributed by atoms with Gasteiger partial charge in [-0.2, -0.15) is 0 Å². The first-order valence-corrected chi connectivity index (χ1v) is 19.9. The standard InChI is InChI=1S/C41H60N6O9/c1-10-31-38(52)46-15-13-12-14-32(46)35(49)43-27(6)36(50)47-22-26(5)19-33(47)39(53)55-23-29(37(51)45(31)11-2)21-42-34(48)30(44-40(54)56-41(7,8)9)20-28-17-24(3)16-25(4)18-28/h16-18,21,26-27,29-33H,10-15,19-20,22-23H2,1-9H3,(H,43,49)(H,44,54)/t26-,27+,29?,30+,31+,32+,33+/m1/s1. The summed E-state index contributed by atoms with van der Waals surface area (Å²) in [5.41, 5.74) is 1.86. The molecule has 1 unspecified atom stereocenters. The van der Waals surface area contributed by atoms with Gasteiger partial charge in [0.25, 0.3) is 5.91 Å². The molecule has 6 amide bonds. The predicted molar refractivity (Wildman–Crippen MR) is 208 cm³/mol. The van der Waals surface area contributed by atoms with Crippen LogP contribution in [0.1, 0.15) is 97.3 Å². The summed E-state index contributed by atoms with van der Waals surface area (Å²) >= 11 is 0. The average Bonchev–Trinajstić information content (AvgIpc) is 3.52. The van der Waals surface area contributed by atoms with Crippen LogP contribution in [-0.4, -0.2) is 125 Å². The predicted octanol–water partition coefficient (Wildman–Crippen LogP) is 3.26. The number of likely N-dealkylation sites (N-methyl/N-ethyl adjacent to an activating group) is 1. The molecule has 15 nitrogen and oxygen atoms in total. The number of benzene rings is 1. The third kappa shape index (κ3) is 11.2. The van der Waals surface area contributed by atoms with Gasteiger partial charge >= 0.3 is 12.1 Å². The van der Waals surface area contributed by atoms with Crippen LogP contribution in [0.25, 0.3) is 0 Å². The third-order valence-electron chi connectivity index (χ3n) is 10.4. The maximum Gasteiger partial charge on any atom is 0.408 e. The fourth-order valence-corrected chi connectivity index (χ4v) is 7.84. The zero-order chi connectivity index (χ0) is 41.5. The lowest BCUT2D eigenvalue weighted by molar-refractivity contribution is -0.158. The number of piperidine rings is 1. The molecule has 56 heavy (non-hydrogen) atoms. The van der Waals surface area contributed by atoms with Crippen molar-refractivity contribution in [1.29, 1.82) is 0 Å². The molecule has 15 heteroatoms.